The number of aromatic nitrogens is 2. The van der Waals surface area contributed by atoms with Crippen LogP contribution in [-0.2, 0) is 13.1 Å². The fourth-order valence-electron chi connectivity index (χ4n) is 3.27. The topological polar surface area (TPSA) is 55.2 Å². The molecule has 5 heteroatoms. The number of rotatable bonds is 6. The van der Waals surface area contributed by atoms with E-state index in [2.05, 4.69) is 5.10 Å². The van der Waals surface area contributed by atoms with E-state index in [0.717, 1.165) is 5.56 Å². The van der Waals surface area contributed by atoms with E-state index < -0.39 is 0 Å². The third kappa shape index (κ3) is 4.14. The molecular formula is C23H27N3O2. The zero-order valence-corrected chi connectivity index (χ0v) is 16.9. The molecule has 0 atom stereocenters. The van der Waals surface area contributed by atoms with E-state index in [-0.39, 0.29) is 23.4 Å². The van der Waals surface area contributed by atoms with Crippen LogP contribution in [0.2, 0.25) is 0 Å². The molecule has 0 unspecified atom stereocenters. The summed E-state index contributed by atoms with van der Waals surface area (Å²) in [6, 6.07) is 17.1. The van der Waals surface area contributed by atoms with Gasteiger partial charge in [0, 0.05) is 24.5 Å². The number of amides is 1. The van der Waals surface area contributed by atoms with Gasteiger partial charge in [-0.1, -0.05) is 62.4 Å². The number of benzene rings is 2. The zero-order valence-electron chi connectivity index (χ0n) is 16.9. The second kappa shape index (κ2) is 8.38. The maximum atomic E-state index is 13.5. The maximum Gasteiger partial charge on any atom is 0.275 e. The van der Waals surface area contributed by atoms with Gasteiger partial charge in [-0.2, -0.15) is 5.10 Å². The second-order valence-corrected chi connectivity index (χ2v) is 7.79. The summed E-state index contributed by atoms with van der Waals surface area (Å²) in [5.41, 5.74) is 1.24. The van der Waals surface area contributed by atoms with E-state index in [4.69, 9.17) is 0 Å². The molecule has 3 aromatic rings. The highest BCUT2D eigenvalue weighted by atomic mass is 16.2. The Balaban J connectivity index is 2.10. The summed E-state index contributed by atoms with van der Waals surface area (Å²) in [7, 11) is 0. The molecule has 0 aliphatic carbocycles. The third-order valence-electron chi connectivity index (χ3n) is 4.69. The van der Waals surface area contributed by atoms with Gasteiger partial charge in [0.05, 0.1) is 5.39 Å². The number of hydrogen-bond acceptors (Lipinski definition) is 3. The van der Waals surface area contributed by atoms with Gasteiger partial charge in [-0.3, -0.25) is 9.59 Å². The summed E-state index contributed by atoms with van der Waals surface area (Å²) in [4.78, 5) is 28.1. The molecular weight excluding hydrogens is 350 g/mol. The molecule has 0 spiro atoms. The Morgan fingerprint density at radius 3 is 2.18 bits per heavy atom. The molecule has 1 heterocycles. The summed E-state index contributed by atoms with van der Waals surface area (Å²) in [6.45, 7) is 9.02. The van der Waals surface area contributed by atoms with Crippen LogP contribution in [0.3, 0.4) is 0 Å². The average molecular weight is 377 g/mol. The first-order chi connectivity index (χ1) is 13.4. The van der Waals surface area contributed by atoms with Gasteiger partial charge < -0.3 is 4.90 Å². The number of nitrogens with zero attached hydrogens (tertiary/aromatic N) is 3. The van der Waals surface area contributed by atoms with Crippen molar-refractivity contribution in [2.24, 2.45) is 5.92 Å². The third-order valence-corrected chi connectivity index (χ3v) is 4.69. The van der Waals surface area contributed by atoms with Crippen molar-refractivity contribution in [2.75, 3.05) is 0 Å². The molecule has 1 amide bonds. The van der Waals surface area contributed by atoms with Crippen molar-refractivity contribution in [2.45, 2.75) is 46.8 Å². The van der Waals surface area contributed by atoms with Crippen LogP contribution >= 0.6 is 0 Å². The Morgan fingerprint density at radius 1 is 0.964 bits per heavy atom. The van der Waals surface area contributed by atoms with Crippen LogP contribution in [0.1, 0.15) is 43.7 Å². The van der Waals surface area contributed by atoms with Crippen molar-refractivity contribution in [1.82, 2.24) is 14.7 Å². The van der Waals surface area contributed by atoms with Crippen molar-refractivity contribution in [3.63, 3.8) is 0 Å². The van der Waals surface area contributed by atoms with Crippen molar-refractivity contribution in [1.29, 1.82) is 0 Å². The van der Waals surface area contributed by atoms with Gasteiger partial charge in [-0.25, -0.2) is 4.68 Å². The minimum Gasteiger partial charge on any atom is -0.330 e. The normalized spacial score (nSPS) is 11.4. The fourth-order valence-corrected chi connectivity index (χ4v) is 3.27. The van der Waals surface area contributed by atoms with Crippen LogP contribution in [0.5, 0.6) is 0 Å². The van der Waals surface area contributed by atoms with Crippen LogP contribution in [0.4, 0.5) is 0 Å². The minimum absolute atomic E-state index is 0.00116. The highest BCUT2D eigenvalue weighted by molar-refractivity contribution is 6.04. The molecule has 0 saturated heterocycles. The molecule has 5 nitrogen and oxygen atoms in total. The van der Waals surface area contributed by atoms with Gasteiger partial charge >= 0.3 is 0 Å². The molecule has 0 bridgehead atoms. The first kappa shape index (κ1) is 19.8. The van der Waals surface area contributed by atoms with Crippen LogP contribution in [0.25, 0.3) is 10.8 Å². The smallest absolute Gasteiger partial charge is 0.275 e. The van der Waals surface area contributed by atoms with Crippen molar-refractivity contribution < 1.29 is 4.79 Å². The van der Waals surface area contributed by atoms with Crippen molar-refractivity contribution in [3.8, 4) is 0 Å². The monoisotopic (exact) mass is 377 g/mol. The van der Waals surface area contributed by atoms with E-state index in [9.17, 15) is 9.59 Å². The number of hydrogen-bond donors (Lipinski definition) is 0. The van der Waals surface area contributed by atoms with E-state index in [1.54, 1.807) is 17.0 Å². The molecule has 28 heavy (non-hydrogen) atoms. The lowest BCUT2D eigenvalue weighted by Gasteiger charge is -2.27. The molecule has 0 N–H and O–H groups in total. The Bertz CT molecular complexity index is 1020. The van der Waals surface area contributed by atoms with Gasteiger partial charge in [0.2, 0.25) is 0 Å². The highest BCUT2D eigenvalue weighted by Crippen LogP contribution is 2.18. The number of fused-ring (bicyclic) bond motifs is 1. The first-order valence-corrected chi connectivity index (χ1v) is 9.73. The van der Waals surface area contributed by atoms with Crippen LogP contribution < -0.4 is 5.56 Å². The number of carbonyl (C=O) groups is 1. The molecule has 3 rings (SSSR count). The molecule has 0 aliphatic heterocycles. The van der Waals surface area contributed by atoms with Crippen molar-refractivity contribution in [3.05, 3.63) is 76.2 Å². The predicted molar refractivity (Wildman–Crippen MR) is 112 cm³/mol. The Kier molecular flexibility index (Phi) is 5.93. The first-order valence-electron chi connectivity index (χ1n) is 9.73. The lowest BCUT2D eigenvalue weighted by Crippen LogP contribution is -2.38. The standard InChI is InChI=1S/C23H27N3O2/c1-16(2)14-26-22(27)20-13-9-8-12-19(20)21(24-26)23(28)25(17(3)4)15-18-10-6-5-7-11-18/h5-13,16-17H,14-15H2,1-4H3. The Hall–Kier alpha value is -2.95. The van der Waals surface area contributed by atoms with Gasteiger partial charge in [0.15, 0.2) is 5.69 Å². The van der Waals surface area contributed by atoms with Gasteiger partial charge in [-0.15, -0.1) is 0 Å². The molecule has 0 aliphatic rings. The quantitative estimate of drug-likeness (QED) is 0.650. The molecule has 2 aromatic carbocycles. The average Bonchev–Trinajstić information content (AvgIpc) is 2.68. The second-order valence-electron chi connectivity index (χ2n) is 7.79. The van der Waals surface area contributed by atoms with Gasteiger partial charge in [0.25, 0.3) is 11.5 Å². The molecule has 1 aromatic heterocycles. The molecule has 0 saturated carbocycles. The molecule has 0 radical (unpaired) electrons. The number of carbonyl (C=O) groups excluding carboxylic acids is 1. The summed E-state index contributed by atoms with van der Waals surface area (Å²) >= 11 is 0. The Morgan fingerprint density at radius 2 is 1.57 bits per heavy atom. The molecule has 146 valence electrons. The summed E-state index contributed by atoms with van der Waals surface area (Å²) in [5, 5.41) is 5.64. The zero-order chi connectivity index (χ0) is 20.3. The Labute approximate surface area is 165 Å². The SMILES string of the molecule is CC(C)Cn1nc(C(=O)N(Cc2ccccc2)C(C)C)c2ccccc2c1=O. The lowest BCUT2D eigenvalue weighted by molar-refractivity contribution is 0.0683. The molecule has 0 fully saturated rings. The van der Waals surface area contributed by atoms with Crippen LogP contribution in [0, 0.1) is 5.92 Å². The van der Waals surface area contributed by atoms with E-state index in [1.807, 2.05) is 70.2 Å². The van der Waals surface area contributed by atoms with Gasteiger partial charge in [0.1, 0.15) is 0 Å². The van der Waals surface area contributed by atoms with Crippen molar-refractivity contribution >= 4 is 16.7 Å². The summed E-state index contributed by atoms with van der Waals surface area (Å²) in [6.07, 6.45) is 0. The van der Waals surface area contributed by atoms with E-state index in [1.165, 1.54) is 4.68 Å². The van der Waals surface area contributed by atoms with E-state index in [0.29, 0.717) is 29.6 Å². The van der Waals surface area contributed by atoms with E-state index >= 15 is 0 Å². The van der Waals surface area contributed by atoms with Crippen LogP contribution in [-0.4, -0.2) is 26.6 Å². The summed E-state index contributed by atoms with van der Waals surface area (Å²) < 4.78 is 1.43. The highest BCUT2D eigenvalue weighted by Gasteiger charge is 2.24. The maximum absolute atomic E-state index is 13.5. The van der Waals surface area contributed by atoms with Gasteiger partial charge in [-0.05, 0) is 31.4 Å². The predicted octanol–water partition coefficient (Wildman–Crippen LogP) is 4.10. The lowest BCUT2D eigenvalue weighted by atomic mass is 10.1. The summed E-state index contributed by atoms with van der Waals surface area (Å²) in [5.74, 6) is 0.0902. The fraction of sp³-hybridized carbons (Fsp3) is 0.348. The van der Waals surface area contributed by atoms with Crippen LogP contribution in [0.15, 0.2) is 59.4 Å². The minimum atomic E-state index is -0.160. The largest absolute Gasteiger partial charge is 0.330 e.